The van der Waals surface area contributed by atoms with E-state index in [1.54, 1.807) is 24.3 Å². The number of rotatable bonds is 4. The number of alkyl halides is 3. The number of benzene rings is 2. The van der Waals surface area contributed by atoms with E-state index in [-0.39, 0.29) is 23.9 Å². The highest BCUT2D eigenvalue weighted by atomic mass is 35.5. The quantitative estimate of drug-likeness (QED) is 0.842. The van der Waals surface area contributed by atoms with Gasteiger partial charge in [0.05, 0.1) is 5.56 Å². The second-order valence-electron chi connectivity index (χ2n) is 5.84. The second kappa shape index (κ2) is 6.48. The summed E-state index contributed by atoms with van der Waals surface area (Å²) in [4.78, 5) is 12.2. The summed E-state index contributed by atoms with van der Waals surface area (Å²) in [5.41, 5.74) is 0.319. The Balaban J connectivity index is 1.66. The topological polar surface area (TPSA) is 29.1 Å². The molecular weight excluding hydrogens is 339 g/mol. The Kier molecular flexibility index (Phi) is 4.54. The SMILES string of the molecule is O=C(NCc1ccccc1Cl)C1CC1c1ccccc1C(F)(F)F. The molecule has 1 fully saturated rings. The van der Waals surface area contributed by atoms with Crippen LogP contribution in [0, 0.1) is 5.92 Å². The molecule has 0 heterocycles. The molecule has 2 unspecified atom stereocenters. The molecule has 0 aromatic heterocycles. The first kappa shape index (κ1) is 16.8. The van der Waals surface area contributed by atoms with E-state index in [9.17, 15) is 18.0 Å². The van der Waals surface area contributed by atoms with Crippen LogP contribution < -0.4 is 5.32 Å². The van der Waals surface area contributed by atoms with E-state index in [1.165, 1.54) is 12.1 Å². The third-order valence-electron chi connectivity index (χ3n) is 4.20. The van der Waals surface area contributed by atoms with Gasteiger partial charge in [0.25, 0.3) is 0 Å². The molecule has 1 saturated carbocycles. The zero-order valence-electron chi connectivity index (χ0n) is 12.6. The van der Waals surface area contributed by atoms with Gasteiger partial charge in [0.15, 0.2) is 0 Å². The number of hydrogen-bond donors (Lipinski definition) is 1. The first-order valence-electron chi connectivity index (χ1n) is 7.55. The van der Waals surface area contributed by atoms with Crippen LogP contribution in [0.1, 0.15) is 29.0 Å². The lowest BCUT2D eigenvalue weighted by Gasteiger charge is -2.12. The Hall–Kier alpha value is -2.01. The molecule has 0 aliphatic heterocycles. The zero-order chi connectivity index (χ0) is 17.3. The van der Waals surface area contributed by atoms with Gasteiger partial charge in [-0.1, -0.05) is 48.0 Å². The Morgan fingerprint density at radius 2 is 1.79 bits per heavy atom. The van der Waals surface area contributed by atoms with Gasteiger partial charge in [-0.05, 0) is 35.6 Å². The van der Waals surface area contributed by atoms with Crippen molar-refractivity contribution in [1.82, 2.24) is 5.32 Å². The highest BCUT2D eigenvalue weighted by Crippen LogP contribution is 2.51. The van der Waals surface area contributed by atoms with Gasteiger partial charge < -0.3 is 5.32 Å². The summed E-state index contributed by atoms with van der Waals surface area (Å²) in [6.07, 6.45) is -3.97. The van der Waals surface area contributed by atoms with E-state index >= 15 is 0 Å². The number of carbonyl (C=O) groups is 1. The molecule has 126 valence electrons. The van der Waals surface area contributed by atoms with E-state index in [0.29, 0.717) is 11.4 Å². The van der Waals surface area contributed by atoms with Gasteiger partial charge in [0.1, 0.15) is 0 Å². The normalized spacial score (nSPS) is 19.8. The molecule has 1 aliphatic carbocycles. The van der Waals surface area contributed by atoms with Crippen LogP contribution in [0.15, 0.2) is 48.5 Å². The molecule has 1 N–H and O–H groups in total. The monoisotopic (exact) mass is 353 g/mol. The highest BCUT2D eigenvalue weighted by molar-refractivity contribution is 6.31. The Labute approximate surface area is 142 Å². The minimum Gasteiger partial charge on any atom is -0.352 e. The number of hydrogen-bond acceptors (Lipinski definition) is 1. The Morgan fingerprint density at radius 3 is 2.50 bits per heavy atom. The maximum absolute atomic E-state index is 13.1. The fourth-order valence-corrected chi connectivity index (χ4v) is 3.06. The summed E-state index contributed by atoms with van der Waals surface area (Å²) < 4.78 is 39.2. The van der Waals surface area contributed by atoms with Gasteiger partial charge in [0, 0.05) is 17.5 Å². The van der Waals surface area contributed by atoms with Crippen LogP contribution >= 0.6 is 11.6 Å². The molecular formula is C18H15ClF3NO. The van der Waals surface area contributed by atoms with E-state index < -0.39 is 17.7 Å². The smallest absolute Gasteiger partial charge is 0.352 e. The van der Waals surface area contributed by atoms with Crippen molar-refractivity contribution in [3.63, 3.8) is 0 Å². The fraction of sp³-hybridized carbons (Fsp3) is 0.278. The molecule has 1 amide bonds. The van der Waals surface area contributed by atoms with E-state index in [0.717, 1.165) is 11.6 Å². The molecule has 2 nitrogen and oxygen atoms in total. The molecule has 0 saturated heterocycles. The molecule has 0 bridgehead atoms. The zero-order valence-corrected chi connectivity index (χ0v) is 13.4. The number of nitrogens with one attached hydrogen (secondary N) is 1. The van der Waals surface area contributed by atoms with Crippen LogP contribution in [0.4, 0.5) is 13.2 Å². The van der Waals surface area contributed by atoms with Crippen LogP contribution in [0.2, 0.25) is 5.02 Å². The van der Waals surface area contributed by atoms with Crippen LogP contribution in [0.5, 0.6) is 0 Å². The van der Waals surface area contributed by atoms with Crippen molar-refractivity contribution in [3.05, 3.63) is 70.2 Å². The summed E-state index contributed by atoms with van der Waals surface area (Å²) in [5.74, 6) is -1.04. The first-order chi connectivity index (χ1) is 11.4. The average molecular weight is 354 g/mol. The minimum absolute atomic E-state index is 0.197. The van der Waals surface area contributed by atoms with Crippen molar-refractivity contribution in [2.24, 2.45) is 5.92 Å². The van der Waals surface area contributed by atoms with Crippen LogP contribution in [0.25, 0.3) is 0 Å². The van der Waals surface area contributed by atoms with E-state index in [1.807, 2.05) is 6.07 Å². The highest BCUT2D eigenvalue weighted by Gasteiger charge is 2.47. The third-order valence-corrected chi connectivity index (χ3v) is 4.57. The molecule has 2 aromatic carbocycles. The van der Waals surface area contributed by atoms with Gasteiger partial charge in [-0.3, -0.25) is 4.79 Å². The minimum atomic E-state index is -4.40. The lowest BCUT2D eigenvalue weighted by atomic mass is 10.0. The van der Waals surface area contributed by atoms with Crippen molar-refractivity contribution in [2.75, 3.05) is 0 Å². The molecule has 24 heavy (non-hydrogen) atoms. The molecule has 6 heteroatoms. The summed E-state index contributed by atoms with van der Waals surface area (Å²) in [6.45, 7) is 0.267. The number of amides is 1. The summed E-state index contributed by atoms with van der Waals surface area (Å²) in [7, 11) is 0. The van der Waals surface area contributed by atoms with Crippen LogP contribution in [-0.2, 0) is 17.5 Å². The fourth-order valence-electron chi connectivity index (χ4n) is 2.86. The van der Waals surface area contributed by atoms with Crippen molar-refractivity contribution < 1.29 is 18.0 Å². The Morgan fingerprint density at radius 1 is 1.12 bits per heavy atom. The van der Waals surface area contributed by atoms with Crippen molar-refractivity contribution >= 4 is 17.5 Å². The van der Waals surface area contributed by atoms with Crippen molar-refractivity contribution in [1.29, 1.82) is 0 Å². The standard InChI is InChI=1S/C18H15ClF3NO/c19-16-8-4-1-5-11(16)10-23-17(24)14-9-13(14)12-6-2-3-7-15(12)18(20,21)22/h1-8,13-14H,9-10H2,(H,23,24). The summed E-state index contributed by atoms with van der Waals surface area (Å²) in [5, 5.41) is 3.30. The molecule has 0 radical (unpaired) electrons. The van der Waals surface area contributed by atoms with Gasteiger partial charge >= 0.3 is 6.18 Å². The van der Waals surface area contributed by atoms with Crippen LogP contribution in [-0.4, -0.2) is 5.91 Å². The molecule has 0 spiro atoms. The molecule has 3 rings (SSSR count). The van der Waals surface area contributed by atoms with E-state index in [2.05, 4.69) is 5.32 Å². The van der Waals surface area contributed by atoms with Gasteiger partial charge in [-0.2, -0.15) is 13.2 Å². The van der Waals surface area contributed by atoms with Gasteiger partial charge in [-0.25, -0.2) is 0 Å². The third kappa shape index (κ3) is 3.56. The predicted octanol–water partition coefficient (Wildman–Crippen LogP) is 4.78. The maximum Gasteiger partial charge on any atom is 0.416 e. The number of carbonyl (C=O) groups excluding carboxylic acids is 1. The first-order valence-corrected chi connectivity index (χ1v) is 7.93. The second-order valence-corrected chi connectivity index (χ2v) is 6.25. The van der Waals surface area contributed by atoms with Crippen molar-refractivity contribution in [3.8, 4) is 0 Å². The summed E-state index contributed by atoms with van der Waals surface area (Å²) in [6, 6.07) is 12.6. The van der Waals surface area contributed by atoms with E-state index in [4.69, 9.17) is 11.6 Å². The van der Waals surface area contributed by atoms with Crippen molar-refractivity contribution in [2.45, 2.75) is 25.1 Å². The van der Waals surface area contributed by atoms with Gasteiger partial charge in [-0.15, -0.1) is 0 Å². The predicted molar refractivity (Wildman–Crippen MR) is 85.6 cm³/mol. The average Bonchev–Trinajstić information content (AvgIpc) is 3.34. The number of halogens is 4. The molecule has 2 atom stereocenters. The van der Waals surface area contributed by atoms with Crippen LogP contribution in [0.3, 0.4) is 0 Å². The Bertz CT molecular complexity index is 760. The maximum atomic E-state index is 13.1. The largest absolute Gasteiger partial charge is 0.416 e. The van der Waals surface area contributed by atoms with Gasteiger partial charge in [0.2, 0.25) is 5.91 Å². The molecule has 1 aliphatic rings. The lowest BCUT2D eigenvalue weighted by Crippen LogP contribution is -2.25. The lowest BCUT2D eigenvalue weighted by molar-refractivity contribution is -0.138. The molecule has 2 aromatic rings. The summed E-state index contributed by atoms with van der Waals surface area (Å²) >= 11 is 6.02.